The first-order chi connectivity index (χ1) is 12.2. The van der Waals surface area contributed by atoms with E-state index >= 15 is 0 Å². The molecule has 0 saturated carbocycles. The zero-order valence-electron chi connectivity index (χ0n) is 15.1. The second-order valence-electron chi connectivity index (χ2n) is 6.38. The molecule has 0 bridgehead atoms. The van der Waals surface area contributed by atoms with Crippen LogP contribution < -0.4 is 4.74 Å². The molecule has 1 aliphatic rings. The lowest BCUT2D eigenvalue weighted by Gasteiger charge is -2.33. The number of aryl methyl sites for hydroxylation is 1. The molecule has 1 fully saturated rings. The Kier molecular flexibility index (Phi) is 6.07. The van der Waals surface area contributed by atoms with Crippen LogP contribution in [-0.4, -0.2) is 60.1 Å². The summed E-state index contributed by atoms with van der Waals surface area (Å²) in [5.74, 6) is 1.91. The third kappa shape index (κ3) is 4.60. The lowest BCUT2D eigenvalue weighted by Crippen LogP contribution is -2.50. The van der Waals surface area contributed by atoms with E-state index < -0.39 is 5.60 Å². The van der Waals surface area contributed by atoms with Crippen LogP contribution in [0.5, 0.6) is 5.75 Å². The molecule has 1 aromatic carbocycles. The Morgan fingerprint density at radius 2 is 2.12 bits per heavy atom. The van der Waals surface area contributed by atoms with Crippen molar-refractivity contribution in [1.82, 2.24) is 14.5 Å². The van der Waals surface area contributed by atoms with Gasteiger partial charge in [-0.2, -0.15) is 0 Å². The van der Waals surface area contributed by atoms with Crippen molar-refractivity contribution in [3.63, 3.8) is 0 Å². The van der Waals surface area contributed by atoms with Crippen LogP contribution in [0.2, 0.25) is 0 Å². The van der Waals surface area contributed by atoms with Gasteiger partial charge in [0.2, 0.25) is 0 Å². The monoisotopic (exact) mass is 345 g/mol. The summed E-state index contributed by atoms with van der Waals surface area (Å²) >= 11 is 0. The molecule has 6 nitrogen and oxygen atoms in total. The minimum atomic E-state index is -0.490. The Morgan fingerprint density at radius 3 is 2.88 bits per heavy atom. The van der Waals surface area contributed by atoms with Gasteiger partial charge in [-0.3, -0.25) is 4.90 Å². The highest BCUT2D eigenvalue weighted by atomic mass is 16.6. The smallest absolute Gasteiger partial charge is 0.137 e. The van der Waals surface area contributed by atoms with Crippen molar-refractivity contribution in [2.24, 2.45) is 0 Å². The molecule has 6 heteroatoms. The third-order valence-corrected chi connectivity index (χ3v) is 4.61. The number of hydrogen-bond donors (Lipinski definition) is 0. The van der Waals surface area contributed by atoms with Crippen molar-refractivity contribution in [2.45, 2.75) is 25.6 Å². The quantitative estimate of drug-likeness (QED) is 0.770. The maximum atomic E-state index is 5.97. The average Bonchev–Trinajstić information content (AvgIpc) is 3.00. The van der Waals surface area contributed by atoms with E-state index in [4.69, 9.17) is 14.2 Å². The minimum Gasteiger partial charge on any atom is -0.490 e. The maximum Gasteiger partial charge on any atom is 0.137 e. The van der Waals surface area contributed by atoms with Crippen molar-refractivity contribution < 1.29 is 14.2 Å². The Hall–Kier alpha value is -1.89. The second kappa shape index (κ2) is 8.47. The number of aromatic nitrogens is 2. The van der Waals surface area contributed by atoms with E-state index in [0.717, 1.165) is 37.8 Å². The molecule has 25 heavy (non-hydrogen) atoms. The van der Waals surface area contributed by atoms with Crippen LogP contribution in [0, 0.1) is 0 Å². The summed E-state index contributed by atoms with van der Waals surface area (Å²) in [5.41, 5.74) is -0.490. The summed E-state index contributed by atoms with van der Waals surface area (Å²) in [6.45, 7) is 7.08. The van der Waals surface area contributed by atoms with Gasteiger partial charge < -0.3 is 18.8 Å². The van der Waals surface area contributed by atoms with Crippen LogP contribution in [-0.2, 0) is 22.6 Å². The van der Waals surface area contributed by atoms with Gasteiger partial charge in [0, 0.05) is 39.1 Å². The van der Waals surface area contributed by atoms with E-state index in [2.05, 4.69) is 21.4 Å². The van der Waals surface area contributed by atoms with Crippen molar-refractivity contribution in [3.8, 4) is 5.75 Å². The molecule has 0 radical (unpaired) electrons. The van der Waals surface area contributed by atoms with E-state index in [1.165, 1.54) is 0 Å². The van der Waals surface area contributed by atoms with Gasteiger partial charge in [0.1, 0.15) is 23.8 Å². The minimum absolute atomic E-state index is 0.451. The maximum absolute atomic E-state index is 5.97. The fraction of sp³-hybridized carbons (Fsp3) is 0.526. The standard InChI is InChI=1S/C19H27N3O3/c1-3-22-10-9-20-18(22)13-21-11-12-24-15-19(14-21,23-2)16-25-17-7-5-4-6-8-17/h4-10H,3,11-16H2,1-2H3/t19-/m1/s1. The molecular formula is C19H27N3O3. The Bertz CT molecular complexity index is 646. The average molecular weight is 345 g/mol. The van der Waals surface area contributed by atoms with Gasteiger partial charge in [-0.1, -0.05) is 18.2 Å². The van der Waals surface area contributed by atoms with Crippen LogP contribution in [0.3, 0.4) is 0 Å². The molecule has 3 rings (SSSR count). The van der Waals surface area contributed by atoms with E-state index in [9.17, 15) is 0 Å². The third-order valence-electron chi connectivity index (χ3n) is 4.61. The normalized spacial score (nSPS) is 21.8. The summed E-state index contributed by atoms with van der Waals surface area (Å²) < 4.78 is 19.8. The van der Waals surface area contributed by atoms with Crippen molar-refractivity contribution in [2.75, 3.05) is 40.0 Å². The Balaban J connectivity index is 1.67. The molecule has 1 aliphatic heterocycles. The van der Waals surface area contributed by atoms with Crippen LogP contribution in [0.25, 0.3) is 0 Å². The van der Waals surface area contributed by atoms with E-state index in [-0.39, 0.29) is 0 Å². The van der Waals surface area contributed by atoms with Crippen LogP contribution in [0.1, 0.15) is 12.7 Å². The van der Waals surface area contributed by atoms with Gasteiger partial charge in [0.05, 0.1) is 19.8 Å². The van der Waals surface area contributed by atoms with Crippen LogP contribution in [0.4, 0.5) is 0 Å². The molecule has 2 aromatic rings. The van der Waals surface area contributed by atoms with E-state index in [1.807, 2.05) is 42.7 Å². The van der Waals surface area contributed by atoms with Crippen molar-refractivity contribution >= 4 is 0 Å². The van der Waals surface area contributed by atoms with Crippen molar-refractivity contribution in [1.29, 1.82) is 0 Å². The number of para-hydroxylation sites is 1. The number of ether oxygens (including phenoxy) is 3. The Labute approximate surface area is 149 Å². The molecule has 0 spiro atoms. The molecule has 136 valence electrons. The topological polar surface area (TPSA) is 48.8 Å². The first-order valence-corrected chi connectivity index (χ1v) is 8.78. The summed E-state index contributed by atoms with van der Waals surface area (Å²) in [6, 6.07) is 9.82. The summed E-state index contributed by atoms with van der Waals surface area (Å²) in [6.07, 6.45) is 3.88. The van der Waals surface area contributed by atoms with Gasteiger partial charge >= 0.3 is 0 Å². The molecule has 0 N–H and O–H groups in total. The lowest BCUT2D eigenvalue weighted by atomic mass is 10.1. The highest BCUT2D eigenvalue weighted by Gasteiger charge is 2.36. The molecule has 1 saturated heterocycles. The fourth-order valence-corrected chi connectivity index (χ4v) is 3.10. The van der Waals surface area contributed by atoms with Crippen molar-refractivity contribution in [3.05, 3.63) is 48.5 Å². The number of benzene rings is 1. The lowest BCUT2D eigenvalue weighted by molar-refractivity contribution is -0.0927. The van der Waals surface area contributed by atoms with Gasteiger partial charge in [0.25, 0.3) is 0 Å². The molecule has 1 atom stereocenters. The summed E-state index contributed by atoms with van der Waals surface area (Å²) in [7, 11) is 1.73. The zero-order valence-corrected chi connectivity index (χ0v) is 15.1. The molecule has 2 heterocycles. The predicted octanol–water partition coefficient (Wildman–Crippen LogP) is 2.20. The summed E-state index contributed by atoms with van der Waals surface area (Å²) in [5, 5.41) is 0. The summed E-state index contributed by atoms with van der Waals surface area (Å²) in [4.78, 5) is 6.82. The highest BCUT2D eigenvalue weighted by molar-refractivity contribution is 5.21. The number of rotatable bonds is 7. The fourth-order valence-electron chi connectivity index (χ4n) is 3.10. The zero-order chi connectivity index (χ0) is 17.5. The van der Waals surface area contributed by atoms with E-state index in [1.54, 1.807) is 7.11 Å². The first kappa shape index (κ1) is 17.9. The molecule has 0 unspecified atom stereocenters. The molecule has 1 aromatic heterocycles. The van der Waals surface area contributed by atoms with Gasteiger partial charge in [-0.25, -0.2) is 4.98 Å². The number of imidazole rings is 1. The highest BCUT2D eigenvalue weighted by Crippen LogP contribution is 2.20. The number of nitrogens with zero attached hydrogens (tertiary/aromatic N) is 3. The SMILES string of the molecule is CCn1ccnc1CN1CCOC[C@](COc2ccccc2)(OC)C1. The van der Waals surface area contributed by atoms with Crippen LogP contribution in [0.15, 0.2) is 42.7 Å². The first-order valence-electron chi connectivity index (χ1n) is 8.78. The largest absolute Gasteiger partial charge is 0.490 e. The van der Waals surface area contributed by atoms with Gasteiger partial charge in [-0.05, 0) is 19.1 Å². The van der Waals surface area contributed by atoms with Crippen LogP contribution >= 0.6 is 0 Å². The molecular weight excluding hydrogens is 318 g/mol. The van der Waals surface area contributed by atoms with Gasteiger partial charge in [-0.15, -0.1) is 0 Å². The Morgan fingerprint density at radius 1 is 1.28 bits per heavy atom. The molecule has 0 amide bonds. The predicted molar refractivity (Wildman–Crippen MR) is 95.7 cm³/mol. The second-order valence-corrected chi connectivity index (χ2v) is 6.38. The number of methoxy groups -OCH3 is 1. The molecule has 0 aliphatic carbocycles. The van der Waals surface area contributed by atoms with Gasteiger partial charge in [0.15, 0.2) is 0 Å². The van der Waals surface area contributed by atoms with E-state index in [0.29, 0.717) is 19.8 Å². The number of hydrogen-bond acceptors (Lipinski definition) is 5.